The van der Waals surface area contributed by atoms with Gasteiger partial charge in [0.15, 0.2) is 0 Å². The number of esters is 2. The van der Waals surface area contributed by atoms with Crippen LogP contribution in [0.4, 0.5) is 5.00 Å². The Hall–Kier alpha value is -1.89. The Labute approximate surface area is 177 Å². The van der Waals surface area contributed by atoms with E-state index >= 15 is 0 Å². The van der Waals surface area contributed by atoms with Crippen LogP contribution in [0.25, 0.3) is 0 Å². The van der Waals surface area contributed by atoms with Gasteiger partial charge in [0.05, 0.1) is 12.2 Å². The highest BCUT2D eigenvalue weighted by atomic mass is 32.1. The molecular formula is C22H33NO5S. The molecule has 1 heterocycles. The van der Waals surface area contributed by atoms with Gasteiger partial charge in [-0.05, 0) is 52.5 Å². The molecule has 0 spiro atoms. The lowest BCUT2D eigenvalue weighted by Gasteiger charge is -2.20. The number of rotatable bonds is 7. The molecule has 29 heavy (non-hydrogen) atoms. The Kier molecular flexibility index (Phi) is 8.25. The van der Waals surface area contributed by atoms with Gasteiger partial charge in [0.25, 0.3) is 0 Å². The van der Waals surface area contributed by atoms with Crippen molar-refractivity contribution in [2.45, 2.75) is 85.2 Å². The molecule has 0 aromatic carbocycles. The highest BCUT2D eigenvalue weighted by Gasteiger charge is 2.29. The minimum atomic E-state index is -0.652. The van der Waals surface area contributed by atoms with Crippen molar-refractivity contribution in [2.75, 3.05) is 11.9 Å². The third-order valence-electron chi connectivity index (χ3n) is 4.97. The summed E-state index contributed by atoms with van der Waals surface area (Å²) in [6.07, 6.45) is 7.39. The summed E-state index contributed by atoms with van der Waals surface area (Å²) in [5.74, 6) is -0.591. The van der Waals surface area contributed by atoms with Gasteiger partial charge >= 0.3 is 11.9 Å². The molecule has 1 fully saturated rings. The number of carbonyl (C=O) groups excluding carboxylic acids is 3. The number of anilines is 1. The van der Waals surface area contributed by atoms with Gasteiger partial charge < -0.3 is 14.8 Å². The van der Waals surface area contributed by atoms with Crippen molar-refractivity contribution in [2.24, 2.45) is 5.92 Å². The maximum atomic E-state index is 12.6. The van der Waals surface area contributed by atoms with Crippen LogP contribution in [0.15, 0.2) is 0 Å². The van der Waals surface area contributed by atoms with E-state index in [-0.39, 0.29) is 18.1 Å². The van der Waals surface area contributed by atoms with Crippen molar-refractivity contribution in [1.82, 2.24) is 0 Å². The molecule has 162 valence electrons. The largest absolute Gasteiger partial charge is 0.462 e. The molecule has 0 aliphatic heterocycles. The zero-order valence-electron chi connectivity index (χ0n) is 18.2. The number of nitrogens with one attached hydrogen (secondary N) is 1. The van der Waals surface area contributed by atoms with Gasteiger partial charge in [-0.3, -0.25) is 4.79 Å². The predicted octanol–water partition coefficient (Wildman–Crippen LogP) is 5.49. The van der Waals surface area contributed by atoms with E-state index in [2.05, 4.69) is 5.32 Å². The zero-order valence-corrected chi connectivity index (χ0v) is 19.0. The molecule has 1 N–H and O–H groups in total. The summed E-state index contributed by atoms with van der Waals surface area (Å²) in [5.41, 5.74) is 0.0649. The van der Waals surface area contributed by atoms with Crippen molar-refractivity contribution >= 4 is 34.2 Å². The summed E-state index contributed by atoms with van der Waals surface area (Å²) >= 11 is 1.07. The van der Waals surface area contributed by atoms with E-state index in [9.17, 15) is 14.4 Å². The van der Waals surface area contributed by atoms with Crippen LogP contribution in [0.1, 0.15) is 98.2 Å². The van der Waals surface area contributed by atoms with Crippen LogP contribution in [0.2, 0.25) is 0 Å². The van der Waals surface area contributed by atoms with Gasteiger partial charge in [-0.25, -0.2) is 9.59 Å². The minimum absolute atomic E-state index is 0.141. The van der Waals surface area contributed by atoms with Gasteiger partial charge in [-0.15, -0.1) is 11.3 Å². The van der Waals surface area contributed by atoms with Gasteiger partial charge in [-0.1, -0.05) is 32.1 Å². The Morgan fingerprint density at radius 3 is 2.34 bits per heavy atom. The highest BCUT2D eigenvalue weighted by molar-refractivity contribution is 7.18. The fourth-order valence-corrected chi connectivity index (χ4v) is 4.66. The zero-order chi connectivity index (χ0) is 21.6. The first-order valence-electron chi connectivity index (χ1n) is 10.5. The van der Waals surface area contributed by atoms with E-state index in [1.54, 1.807) is 34.6 Å². The van der Waals surface area contributed by atoms with E-state index in [0.717, 1.165) is 17.8 Å². The van der Waals surface area contributed by atoms with E-state index in [0.29, 0.717) is 27.8 Å². The van der Waals surface area contributed by atoms with Crippen LogP contribution < -0.4 is 5.32 Å². The third kappa shape index (κ3) is 6.84. The quantitative estimate of drug-likeness (QED) is 0.587. The van der Waals surface area contributed by atoms with E-state index in [1.165, 1.54) is 32.1 Å². The smallest absolute Gasteiger partial charge is 0.349 e. The lowest BCUT2D eigenvalue weighted by atomic mass is 9.86. The first-order valence-corrected chi connectivity index (χ1v) is 11.3. The Bertz CT molecular complexity index is 741. The van der Waals surface area contributed by atoms with Crippen LogP contribution in [-0.2, 0) is 14.3 Å². The average Bonchev–Trinajstić information content (AvgIpc) is 2.96. The topological polar surface area (TPSA) is 81.7 Å². The number of carbonyl (C=O) groups is 3. The molecule has 0 bridgehead atoms. The molecule has 1 amide bonds. The van der Waals surface area contributed by atoms with Crippen LogP contribution in [0.5, 0.6) is 0 Å². The summed E-state index contributed by atoms with van der Waals surface area (Å²) in [6.45, 7) is 8.97. The van der Waals surface area contributed by atoms with Crippen molar-refractivity contribution in [1.29, 1.82) is 0 Å². The van der Waals surface area contributed by atoms with Crippen molar-refractivity contribution in [3.63, 3.8) is 0 Å². The van der Waals surface area contributed by atoms with Gasteiger partial charge in [0.2, 0.25) is 5.91 Å². The normalized spacial score (nSPS) is 15.1. The maximum absolute atomic E-state index is 12.6. The number of hydrogen-bond acceptors (Lipinski definition) is 6. The monoisotopic (exact) mass is 423 g/mol. The lowest BCUT2D eigenvalue weighted by molar-refractivity contribution is -0.116. The summed E-state index contributed by atoms with van der Waals surface area (Å²) in [6, 6.07) is 0. The number of amides is 1. The average molecular weight is 424 g/mol. The fraction of sp³-hybridized carbons (Fsp3) is 0.682. The first kappa shape index (κ1) is 23.4. The van der Waals surface area contributed by atoms with Crippen LogP contribution >= 0.6 is 11.3 Å². The third-order valence-corrected chi connectivity index (χ3v) is 6.16. The molecule has 2 rings (SSSR count). The second-order valence-electron chi connectivity index (χ2n) is 8.57. The second kappa shape index (κ2) is 10.2. The Morgan fingerprint density at radius 2 is 1.76 bits per heavy atom. The standard InChI is InChI=1S/C22H33NO5S/c1-6-27-20(25)17-14(2)18(21(26)28-22(3,4)5)29-19(17)23-16(24)13-12-15-10-8-7-9-11-15/h15H,6-13H2,1-5H3,(H,23,24). The predicted molar refractivity (Wildman–Crippen MR) is 115 cm³/mol. The molecule has 1 aromatic rings. The highest BCUT2D eigenvalue weighted by Crippen LogP contribution is 2.35. The summed E-state index contributed by atoms with van der Waals surface area (Å²) in [5, 5.41) is 3.20. The molecular weight excluding hydrogens is 390 g/mol. The number of hydrogen-bond donors (Lipinski definition) is 1. The number of ether oxygens (including phenoxy) is 2. The van der Waals surface area contributed by atoms with E-state index < -0.39 is 17.5 Å². The Morgan fingerprint density at radius 1 is 1.10 bits per heavy atom. The molecule has 6 nitrogen and oxygen atoms in total. The van der Waals surface area contributed by atoms with E-state index in [1.807, 2.05) is 0 Å². The second-order valence-corrected chi connectivity index (χ2v) is 9.59. The first-order chi connectivity index (χ1) is 13.6. The molecule has 7 heteroatoms. The molecule has 1 aromatic heterocycles. The van der Waals surface area contributed by atoms with Crippen LogP contribution in [0, 0.1) is 12.8 Å². The summed E-state index contributed by atoms with van der Waals surface area (Å²) in [4.78, 5) is 37.9. The summed E-state index contributed by atoms with van der Waals surface area (Å²) in [7, 11) is 0. The minimum Gasteiger partial charge on any atom is -0.462 e. The molecule has 0 saturated heterocycles. The number of thiophene rings is 1. The van der Waals surface area contributed by atoms with Gasteiger partial charge in [0.1, 0.15) is 15.5 Å². The van der Waals surface area contributed by atoms with Crippen molar-refractivity contribution in [3.05, 3.63) is 16.0 Å². The van der Waals surface area contributed by atoms with Crippen molar-refractivity contribution in [3.8, 4) is 0 Å². The fourth-order valence-electron chi connectivity index (χ4n) is 3.57. The van der Waals surface area contributed by atoms with Gasteiger partial charge in [-0.2, -0.15) is 0 Å². The SMILES string of the molecule is CCOC(=O)c1c(NC(=O)CCC2CCCCC2)sc(C(=O)OC(C)(C)C)c1C. The molecule has 0 unspecified atom stereocenters. The summed E-state index contributed by atoms with van der Waals surface area (Å²) < 4.78 is 10.6. The van der Waals surface area contributed by atoms with E-state index in [4.69, 9.17) is 9.47 Å². The van der Waals surface area contributed by atoms with Crippen LogP contribution in [0.3, 0.4) is 0 Å². The maximum Gasteiger partial charge on any atom is 0.349 e. The molecule has 1 aliphatic rings. The van der Waals surface area contributed by atoms with Crippen molar-refractivity contribution < 1.29 is 23.9 Å². The lowest BCUT2D eigenvalue weighted by Crippen LogP contribution is -2.23. The van der Waals surface area contributed by atoms with Gasteiger partial charge in [0, 0.05) is 6.42 Å². The van der Waals surface area contributed by atoms with Crippen LogP contribution in [-0.4, -0.2) is 30.1 Å². The Balaban J connectivity index is 2.17. The molecule has 1 aliphatic carbocycles. The molecule has 1 saturated carbocycles. The molecule has 0 atom stereocenters. The molecule has 0 radical (unpaired) electrons.